The Morgan fingerprint density at radius 1 is 1.35 bits per heavy atom. The number of thioether (sulfide) groups is 1. The average Bonchev–Trinajstić information content (AvgIpc) is 2.83. The van der Waals surface area contributed by atoms with Gasteiger partial charge in [0.25, 0.3) is 0 Å². The third-order valence-electron chi connectivity index (χ3n) is 3.43. The lowest BCUT2D eigenvalue weighted by Gasteiger charge is -2.19. The predicted molar refractivity (Wildman–Crippen MR) is 77.7 cm³/mol. The summed E-state index contributed by atoms with van der Waals surface area (Å²) in [5, 5.41) is 3.73. The molecule has 94 valence electrons. The van der Waals surface area contributed by atoms with Crippen molar-refractivity contribution in [1.29, 1.82) is 0 Å². The van der Waals surface area contributed by atoms with Crippen LogP contribution >= 0.6 is 11.8 Å². The van der Waals surface area contributed by atoms with Crippen LogP contribution in [0, 0.1) is 0 Å². The minimum Gasteiger partial charge on any atom is -0.307 e. The number of benzene rings is 1. The van der Waals surface area contributed by atoms with Gasteiger partial charge in [0, 0.05) is 17.8 Å². The Kier molecular flexibility index (Phi) is 4.93. The summed E-state index contributed by atoms with van der Waals surface area (Å²) in [6.45, 7) is 4.51. The van der Waals surface area contributed by atoms with Gasteiger partial charge >= 0.3 is 0 Å². The first-order valence-electron chi connectivity index (χ1n) is 6.72. The van der Waals surface area contributed by atoms with Gasteiger partial charge in [-0.15, -0.1) is 0 Å². The Morgan fingerprint density at radius 2 is 2.12 bits per heavy atom. The molecule has 2 heteroatoms. The molecular formula is C15H23NS. The van der Waals surface area contributed by atoms with Crippen LogP contribution in [0.1, 0.15) is 43.9 Å². The molecule has 2 unspecified atom stereocenters. The van der Waals surface area contributed by atoms with Gasteiger partial charge in [-0.2, -0.15) is 11.8 Å². The molecule has 0 bridgehead atoms. The van der Waals surface area contributed by atoms with E-state index in [0.29, 0.717) is 12.1 Å². The van der Waals surface area contributed by atoms with Crippen LogP contribution in [0.4, 0.5) is 0 Å². The van der Waals surface area contributed by atoms with Crippen molar-refractivity contribution in [2.24, 2.45) is 0 Å². The third-order valence-corrected chi connectivity index (χ3v) is 4.60. The monoisotopic (exact) mass is 249 g/mol. The summed E-state index contributed by atoms with van der Waals surface area (Å²) in [6.07, 6.45) is 3.75. The Balaban J connectivity index is 1.91. The maximum absolute atomic E-state index is 3.73. The Morgan fingerprint density at radius 3 is 2.71 bits per heavy atom. The Bertz CT molecular complexity index is 327. The molecular weight excluding hydrogens is 226 g/mol. The van der Waals surface area contributed by atoms with Crippen molar-refractivity contribution in [3.8, 4) is 0 Å². The van der Waals surface area contributed by atoms with Crippen molar-refractivity contribution in [3.63, 3.8) is 0 Å². The van der Waals surface area contributed by atoms with Gasteiger partial charge in [-0.1, -0.05) is 37.6 Å². The van der Waals surface area contributed by atoms with Crippen molar-refractivity contribution in [2.45, 2.75) is 45.2 Å². The molecule has 1 aliphatic heterocycles. The zero-order valence-electron chi connectivity index (χ0n) is 10.9. The van der Waals surface area contributed by atoms with Crippen molar-refractivity contribution in [1.82, 2.24) is 5.32 Å². The van der Waals surface area contributed by atoms with Crippen LogP contribution < -0.4 is 5.32 Å². The SMILES string of the molecule is CCCc1ccc(C(C)NC2CCSC2)cc1. The van der Waals surface area contributed by atoms with Gasteiger partial charge in [-0.3, -0.25) is 0 Å². The molecule has 2 atom stereocenters. The summed E-state index contributed by atoms with van der Waals surface area (Å²) in [6, 6.07) is 10.3. The quantitative estimate of drug-likeness (QED) is 0.852. The molecule has 1 N–H and O–H groups in total. The number of rotatable bonds is 5. The van der Waals surface area contributed by atoms with E-state index < -0.39 is 0 Å². The molecule has 1 nitrogen and oxygen atoms in total. The van der Waals surface area contributed by atoms with Crippen LogP contribution in [0.15, 0.2) is 24.3 Å². The molecule has 1 aliphatic rings. The first-order valence-corrected chi connectivity index (χ1v) is 7.87. The largest absolute Gasteiger partial charge is 0.307 e. The minimum atomic E-state index is 0.481. The van der Waals surface area contributed by atoms with E-state index in [-0.39, 0.29) is 0 Å². The highest BCUT2D eigenvalue weighted by atomic mass is 32.2. The molecule has 0 radical (unpaired) electrons. The highest BCUT2D eigenvalue weighted by Crippen LogP contribution is 2.21. The van der Waals surface area contributed by atoms with Gasteiger partial charge in [0.05, 0.1) is 0 Å². The van der Waals surface area contributed by atoms with Gasteiger partial charge in [0.15, 0.2) is 0 Å². The number of hydrogen-bond acceptors (Lipinski definition) is 2. The highest BCUT2D eigenvalue weighted by molar-refractivity contribution is 7.99. The molecule has 1 saturated heterocycles. The lowest BCUT2D eigenvalue weighted by atomic mass is 10.0. The fourth-order valence-corrected chi connectivity index (χ4v) is 3.54. The van der Waals surface area contributed by atoms with Crippen LogP contribution in [0.2, 0.25) is 0 Å². The van der Waals surface area contributed by atoms with Crippen LogP contribution in [0.25, 0.3) is 0 Å². The van der Waals surface area contributed by atoms with Crippen molar-refractivity contribution in [3.05, 3.63) is 35.4 Å². The summed E-state index contributed by atoms with van der Waals surface area (Å²) >= 11 is 2.07. The zero-order valence-corrected chi connectivity index (χ0v) is 11.7. The molecule has 1 heterocycles. The molecule has 0 aliphatic carbocycles. The highest BCUT2D eigenvalue weighted by Gasteiger charge is 2.17. The van der Waals surface area contributed by atoms with Crippen molar-refractivity contribution in [2.75, 3.05) is 11.5 Å². The lowest BCUT2D eigenvalue weighted by molar-refractivity contribution is 0.486. The Hall–Kier alpha value is -0.470. The fourth-order valence-electron chi connectivity index (χ4n) is 2.38. The van der Waals surface area contributed by atoms with Crippen LogP contribution in [0.5, 0.6) is 0 Å². The van der Waals surface area contributed by atoms with E-state index >= 15 is 0 Å². The molecule has 0 saturated carbocycles. The zero-order chi connectivity index (χ0) is 12.1. The van der Waals surface area contributed by atoms with Gasteiger partial charge in [-0.05, 0) is 36.6 Å². The molecule has 1 fully saturated rings. The number of hydrogen-bond donors (Lipinski definition) is 1. The molecule has 1 aromatic rings. The smallest absolute Gasteiger partial charge is 0.0294 e. The standard InChI is InChI=1S/C15H23NS/c1-3-4-13-5-7-14(8-6-13)12(2)16-15-9-10-17-11-15/h5-8,12,15-16H,3-4,9-11H2,1-2H3. The molecule has 0 aromatic heterocycles. The lowest BCUT2D eigenvalue weighted by Crippen LogP contribution is -2.31. The van der Waals surface area contributed by atoms with Crippen molar-refractivity contribution >= 4 is 11.8 Å². The van der Waals surface area contributed by atoms with E-state index in [0.717, 1.165) is 0 Å². The summed E-state index contributed by atoms with van der Waals surface area (Å²) in [4.78, 5) is 0. The maximum atomic E-state index is 3.73. The van der Waals surface area contributed by atoms with Crippen LogP contribution in [-0.2, 0) is 6.42 Å². The molecule has 0 spiro atoms. The molecule has 1 aromatic carbocycles. The second kappa shape index (κ2) is 6.46. The second-order valence-electron chi connectivity index (χ2n) is 4.94. The van der Waals surface area contributed by atoms with Gasteiger partial charge in [0.2, 0.25) is 0 Å². The number of aryl methyl sites for hydroxylation is 1. The topological polar surface area (TPSA) is 12.0 Å². The van der Waals surface area contributed by atoms with E-state index in [2.05, 4.69) is 55.2 Å². The Labute approximate surface area is 109 Å². The predicted octanol–water partition coefficient (Wildman–Crippen LogP) is 3.80. The second-order valence-corrected chi connectivity index (χ2v) is 6.09. The third kappa shape index (κ3) is 3.75. The average molecular weight is 249 g/mol. The summed E-state index contributed by atoms with van der Waals surface area (Å²) in [7, 11) is 0. The summed E-state index contributed by atoms with van der Waals surface area (Å²) in [5.74, 6) is 2.60. The van der Waals surface area contributed by atoms with Crippen LogP contribution in [-0.4, -0.2) is 17.5 Å². The normalized spacial score (nSPS) is 21.6. The van der Waals surface area contributed by atoms with E-state index in [9.17, 15) is 0 Å². The maximum Gasteiger partial charge on any atom is 0.0294 e. The van der Waals surface area contributed by atoms with E-state index in [4.69, 9.17) is 0 Å². The van der Waals surface area contributed by atoms with E-state index in [1.165, 1.54) is 41.9 Å². The summed E-state index contributed by atoms with van der Waals surface area (Å²) in [5.41, 5.74) is 2.88. The molecule has 17 heavy (non-hydrogen) atoms. The van der Waals surface area contributed by atoms with Gasteiger partial charge in [-0.25, -0.2) is 0 Å². The van der Waals surface area contributed by atoms with Crippen molar-refractivity contribution < 1.29 is 0 Å². The first kappa shape index (κ1) is 13.0. The fraction of sp³-hybridized carbons (Fsp3) is 0.600. The minimum absolute atomic E-state index is 0.481. The number of nitrogens with one attached hydrogen (secondary N) is 1. The molecule has 2 rings (SSSR count). The van der Waals surface area contributed by atoms with Crippen LogP contribution in [0.3, 0.4) is 0 Å². The van der Waals surface area contributed by atoms with Gasteiger partial charge < -0.3 is 5.32 Å². The van der Waals surface area contributed by atoms with Gasteiger partial charge in [0.1, 0.15) is 0 Å². The van der Waals surface area contributed by atoms with E-state index in [1.54, 1.807) is 0 Å². The first-order chi connectivity index (χ1) is 8.29. The molecule has 0 amide bonds. The van der Waals surface area contributed by atoms with E-state index in [1.807, 2.05) is 0 Å². The summed E-state index contributed by atoms with van der Waals surface area (Å²) < 4.78 is 0.